The highest BCUT2D eigenvalue weighted by atomic mass is 32.2. The number of non-ortho nitro benzene ring substituents is 1. The molecular formula is C12H19N3O4S. The van der Waals surface area contributed by atoms with Crippen molar-refractivity contribution in [3.8, 4) is 0 Å². The van der Waals surface area contributed by atoms with Gasteiger partial charge < -0.3 is 5.32 Å². The number of hydrogen-bond donors (Lipinski definition) is 2. The van der Waals surface area contributed by atoms with Gasteiger partial charge in [0.05, 0.1) is 10.6 Å². The first kappa shape index (κ1) is 16.4. The second kappa shape index (κ2) is 7.20. The number of sulfonamides is 1. The zero-order valence-electron chi connectivity index (χ0n) is 11.5. The monoisotopic (exact) mass is 301 g/mol. The van der Waals surface area contributed by atoms with E-state index in [-0.39, 0.29) is 17.1 Å². The summed E-state index contributed by atoms with van der Waals surface area (Å²) in [5, 5.41) is 13.8. The lowest BCUT2D eigenvalue weighted by atomic mass is 10.3. The number of nitrogens with one attached hydrogen (secondary N) is 2. The molecule has 0 fully saturated rings. The summed E-state index contributed by atoms with van der Waals surface area (Å²) in [4.78, 5) is 10.1. The zero-order chi connectivity index (χ0) is 15.2. The van der Waals surface area contributed by atoms with E-state index < -0.39 is 14.9 Å². The standard InChI is InChI=1S/C12H19N3O4S/c1-3-7-13-11-6-5-10(15(16)17)9-12(11)20(18,19)14-8-4-2/h5-6,9,13-14H,3-4,7-8H2,1-2H3. The third-order valence-electron chi connectivity index (χ3n) is 2.57. The molecule has 0 amide bonds. The fourth-order valence-electron chi connectivity index (χ4n) is 1.57. The number of anilines is 1. The number of nitrogens with zero attached hydrogens (tertiary/aromatic N) is 1. The van der Waals surface area contributed by atoms with Gasteiger partial charge in [0.1, 0.15) is 4.90 Å². The van der Waals surface area contributed by atoms with E-state index in [1.165, 1.54) is 12.1 Å². The van der Waals surface area contributed by atoms with Gasteiger partial charge in [-0.2, -0.15) is 0 Å². The van der Waals surface area contributed by atoms with Crippen LogP contribution in [0.2, 0.25) is 0 Å². The van der Waals surface area contributed by atoms with E-state index in [0.717, 1.165) is 12.5 Å². The zero-order valence-corrected chi connectivity index (χ0v) is 12.4. The van der Waals surface area contributed by atoms with Gasteiger partial charge in [0.15, 0.2) is 0 Å². The Kier molecular flexibility index (Phi) is 5.90. The lowest BCUT2D eigenvalue weighted by Gasteiger charge is -2.12. The Hall–Kier alpha value is -1.67. The molecule has 1 rings (SSSR count). The molecule has 0 saturated heterocycles. The first-order chi connectivity index (χ1) is 9.42. The minimum atomic E-state index is -3.76. The van der Waals surface area contributed by atoms with E-state index in [9.17, 15) is 18.5 Å². The fraction of sp³-hybridized carbons (Fsp3) is 0.500. The Morgan fingerprint density at radius 3 is 2.40 bits per heavy atom. The Morgan fingerprint density at radius 2 is 1.85 bits per heavy atom. The van der Waals surface area contributed by atoms with Crippen LogP contribution in [0.25, 0.3) is 0 Å². The van der Waals surface area contributed by atoms with Gasteiger partial charge in [-0.25, -0.2) is 13.1 Å². The third kappa shape index (κ3) is 4.17. The van der Waals surface area contributed by atoms with Crippen molar-refractivity contribution in [2.24, 2.45) is 0 Å². The van der Waals surface area contributed by atoms with Crippen LogP contribution in [0, 0.1) is 10.1 Å². The maximum atomic E-state index is 12.2. The second-order valence-electron chi connectivity index (χ2n) is 4.26. The van der Waals surface area contributed by atoms with Crippen LogP contribution in [0.4, 0.5) is 11.4 Å². The Morgan fingerprint density at radius 1 is 1.20 bits per heavy atom. The van der Waals surface area contributed by atoms with Crippen LogP contribution in [-0.4, -0.2) is 26.4 Å². The Balaban J connectivity index is 3.23. The van der Waals surface area contributed by atoms with Gasteiger partial charge in [-0.1, -0.05) is 13.8 Å². The molecule has 0 bridgehead atoms. The maximum Gasteiger partial charge on any atom is 0.270 e. The molecule has 2 N–H and O–H groups in total. The number of rotatable bonds is 8. The molecule has 0 saturated carbocycles. The van der Waals surface area contributed by atoms with Gasteiger partial charge >= 0.3 is 0 Å². The summed E-state index contributed by atoms with van der Waals surface area (Å²) in [7, 11) is -3.76. The quantitative estimate of drug-likeness (QED) is 0.565. The summed E-state index contributed by atoms with van der Waals surface area (Å²) in [6, 6.07) is 3.79. The molecule has 0 unspecified atom stereocenters. The molecule has 0 radical (unpaired) electrons. The van der Waals surface area contributed by atoms with E-state index in [0.29, 0.717) is 18.7 Å². The molecule has 0 aliphatic carbocycles. The molecule has 0 spiro atoms. The van der Waals surface area contributed by atoms with Gasteiger partial charge in [-0.05, 0) is 18.9 Å². The van der Waals surface area contributed by atoms with Crippen LogP contribution < -0.4 is 10.0 Å². The summed E-state index contributed by atoms with van der Waals surface area (Å²) in [5.74, 6) is 0. The number of nitro groups is 1. The minimum Gasteiger partial charge on any atom is -0.384 e. The summed E-state index contributed by atoms with van der Waals surface area (Å²) < 4.78 is 26.8. The maximum absolute atomic E-state index is 12.2. The average Bonchev–Trinajstić information content (AvgIpc) is 2.42. The number of nitro benzene ring substituents is 1. The molecule has 20 heavy (non-hydrogen) atoms. The number of hydrogen-bond acceptors (Lipinski definition) is 5. The molecule has 0 heterocycles. The van der Waals surface area contributed by atoms with Gasteiger partial charge in [-0.15, -0.1) is 0 Å². The average molecular weight is 301 g/mol. The lowest BCUT2D eigenvalue weighted by molar-refractivity contribution is -0.385. The van der Waals surface area contributed by atoms with E-state index in [4.69, 9.17) is 0 Å². The lowest BCUT2D eigenvalue weighted by Crippen LogP contribution is -2.25. The normalized spacial score (nSPS) is 11.3. The van der Waals surface area contributed by atoms with Crippen LogP contribution in [0.15, 0.2) is 23.1 Å². The third-order valence-corrected chi connectivity index (χ3v) is 4.07. The molecule has 0 aromatic heterocycles. The van der Waals surface area contributed by atoms with Gasteiger partial charge in [0, 0.05) is 25.2 Å². The highest BCUT2D eigenvalue weighted by molar-refractivity contribution is 7.89. The minimum absolute atomic E-state index is 0.0893. The Bertz CT molecular complexity index is 572. The van der Waals surface area contributed by atoms with Crippen LogP contribution >= 0.6 is 0 Å². The first-order valence-corrected chi connectivity index (χ1v) is 7.92. The van der Waals surface area contributed by atoms with Crippen molar-refractivity contribution < 1.29 is 13.3 Å². The van der Waals surface area contributed by atoms with Gasteiger partial charge in [0.2, 0.25) is 10.0 Å². The fourth-order valence-corrected chi connectivity index (χ4v) is 2.90. The summed E-state index contributed by atoms with van der Waals surface area (Å²) >= 11 is 0. The smallest absolute Gasteiger partial charge is 0.270 e. The molecule has 0 aliphatic rings. The highest BCUT2D eigenvalue weighted by Gasteiger charge is 2.21. The van der Waals surface area contributed by atoms with Gasteiger partial charge in [-0.3, -0.25) is 10.1 Å². The van der Waals surface area contributed by atoms with Gasteiger partial charge in [0.25, 0.3) is 5.69 Å². The molecule has 1 aromatic rings. The predicted molar refractivity (Wildman–Crippen MR) is 77.4 cm³/mol. The van der Waals surface area contributed by atoms with E-state index in [1.807, 2.05) is 13.8 Å². The number of benzene rings is 1. The summed E-state index contributed by atoms with van der Waals surface area (Å²) in [6.07, 6.45) is 1.46. The van der Waals surface area contributed by atoms with Crippen LogP contribution in [-0.2, 0) is 10.0 Å². The summed E-state index contributed by atoms with van der Waals surface area (Å²) in [6.45, 7) is 4.67. The highest BCUT2D eigenvalue weighted by Crippen LogP contribution is 2.26. The summed E-state index contributed by atoms with van der Waals surface area (Å²) in [5.41, 5.74) is 0.130. The van der Waals surface area contributed by atoms with E-state index in [1.54, 1.807) is 0 Å². The van der Waals surface area contributed by atoms with E-state index >= 15 is 0 Å². The molecule has 1 aromatic carbocycles. The SMILES string of the molecule is CCCNc1ccc([N+](=O)[O-])cc1S(=O)(=O)NCCC. The van der Waals surface area contributed by atoms with Crippen molar-refractivity contribution in [3.05, 3.63) is 28.3 Å². The topological polar surface area (TPSA) is 101 Å². The van der Waals surface area contributed by atoms with Crippen molar-refractivity contribution in [1.29, 1.82) is 0 Å². The van der Waals surface area contributed by atoms with Crippen LogP contribution in [0.3, 0.4) is 0 Å². The molecule has 8 heteroatoms. The van der Waals surface area contributed by atoms with E-state index in [2.05, 4.69) is 10.0 Å². The Labute approximate surface area is 118 Å². The van der Waals surface area contributed by atoms with Crippen molar-refractivity contribution in [3.63, 3.8) is 0 Å². The van der Waals surface area contributed by atoms with Crippen molar-refractivity contribution >= 4 is 21.4 Å². The van der Waals surface area contributed by atoms with Crippen molar-refractivity contribution in [2.45, 2.75) is 31.6 Å². The second-order valence-corrected chi connectivity index (χ2v) is 6.00. The molecule has 112 valence electrons. The van der Waals surface area contributed by atoms with Crippen LogP contribution in [0.1, 0.15) is 26.7 Å². The molecule has 0 atom stereocenters. The van der Waals surface area contributed by atoms with Crippen LogP contribution in [0.5, 0.6) is 0 Å². The predicted octanol–water partition coefficient (Wildman–Crippen LogP) is 2.10. The van der Waals surface area contributed by atoms with Crippen molar-refractivity contribution in [1.82, 2.24) is 4.72 Å². The molecule has 0 aliphatic heterocycles. The first-order valence-electron chi connectivity index (χ1n) is 6.44. The van der Waals surface area contributed by atoms with Crippen molar-refractivity contribution in [2.75, 3.05) is 18.4 Å². The molecular weight excluding hydrogens is 282 g/mol. The molecule has 7 nitrogen and oxygen atoms in total. The largest absolute Gasteiger partial charge is 0.384 e.